The summed E-state index contributed by atoms with van der Waals surface area (Å²) in [6, 6.07) is 8.74. The Morgan fingerprint density at radius 1 is 1.25 bits per heavy atom. The molecule has 124 valence electrons. The van der Waals surface area contributed by atoms with Crippen LogP contribution in [0.15, 0.2) is 53.5 Å². The van der Waals surface area contributed by atoms with Crippen LogP contribution < -0.4 is 0 Å². The molecular formula is C19H20FN3O. The van der Waals surface area contributed by atoms with Crippen molar-refractivity contribution in [2.45, 2.75) is 25.3 Å². The summed E-state index contributed by atoms with van der Waals surface area (Å²) in [5, 5.41) is 7.36. The molecule has 1 aliphatic heterocycles. The van der Waals surface area contributed by atoms with Crippen LogP contribution in [-0.4, -0.2) is 28.2 Å². The van der Waals surface area contributed by atoms with Gasteiger partial charge in [-0.15, -0.1) is 0 Å². The largest absolute Gasteiger partial charge is 0.472 e. The number of rotatable bonds is 4. The maximum absolute atomic E-state index is 13.5. The SMILES string of the molecule is Fc1cccc(-c2cn[nH]c2C2CCN(Cc3ccoc3)CC2)c1. The predicted molar refractivity (Wildman–Crippen MR) is 89.9 cm³/mol. The molecule has 1 saturated heterocycles. The first-order valence-corrected chi connectivity index (χ1v) is 8.32. The summed E-state index contributed by atoms with van der Waals surface area (Å²) in [5.41, 5.74) is 4.25. The van der Waals surface area contributed by atoms with E-state index in [1.807, 2.05) is 24.6 Å². The Bertz CT molecular complexity index is 789. The van der Waals surface area contributed by atoms with Crippen LogP contribution in [-0.2, 0) is 6.54 Å². The zero-order valence-corrected chi connectivity index (χ0v) is 13.4. The quantitative estimate of drug-likeness (QED) is 0.782. The van der Waals surface area contributed by atoms with E-state index in [4.69, 9.17) is 4.42 Å². The Kier molecular flexibility index (Phi) is 4.17. The number of H-pyrrole nitrogens is 1. The van der Waals surface area contributed by atoms with Gasteiger partial charge in [0.05, 0.1) is 18.7 Å². The van der Waals surface area contributed by atoms with Crippen molar-refractivity contribution in [2.75, 3.05) is 13.1 Å². The second kappa shape index (κ2) is 6.61. The van der Waals surface area contributed by atoms with Crippen molar-refractivity contribution < 1.29 is 8.81 Å². The molecule has 3 aromatic rings. The van der Waals surface area contributed by atoms with Gasteiger partial charge in [0, 0.05) is 29.3 Å². The molecule has 0 spiro atoms. The van der Waals surface area contributed by atoms with Gasteiger partial charge in [-0.3, -0.25) is 10.00 Å². The lowest BCUT2D eigenvalue weighted by Gasteiger charge is -2.31. The number of halogens is 1. The molecule has 1 N–H and O–H groups in total. The highest BCUT2D eigenvalue weighted by Crippen LogP contribution is 2.34. The molecule has 0 radical (unpaired) electrons. The van der Waals surface area contributed by atoms with E-state index in [0.717, 1.165) is 49.3 Å². The Morgan fingerprint density at radius 3 is 2.88 bits per heavy atom. The van der Waals surface area contributed by atoms with Crippen LogP contribution in [0.1, 0.15) is 30.0 Å². The molecule has 1 aliphatic rings. The third-order valence-electron chi connectivity index (χ3n) is 4.79. The van der Waals surface area contributed by atoms with Gasteiger partial charge in [0.1, 0.15) is 5.82 Å². The number of likely N-dealkylation sites (tertiary alicyclic amines) is 1. The van der Waals surface area contributed by atoms with Crippen LogP contribution >= 0.6 is 0 Å². The molecule has 0 bridgehead atoms. The van der Waals surface area contributed by atoms with Gasteiger partial charge in [0.25, 0.3) is 0 Å². The lowest BCUT2D eigenvalue weighted by atomic mass is 9.89. The first-order valence-electron chi connectivity index (χ1n) is 8.32. The average Bonchev–Trinajstić information content (AvgIpc) is 3.27. The van der Waals surface area contributed by atoms with Crippen molar-refractivity contribution >= 4 is 0 Å². The smallest absolute Gasteiger partial charge is 0.123 e. The summed E-state index contributed by atoms with van der Waals surface area (Å²) in [7, 11) is 0. The number of hydrogen-bond donors (Lipinski definition) is 1. The van der Waals surface area contributed by atoms with Crippen LogP contribution in [0, 0.1) is 5.82 Å². The van der Waals surface area contributed by atoms with Crippen LogP contribution in [0.2, 0.25) is 0 Å². The number of benzene rings is 1. The lowest BCUT2D eigenvalue weighted by Crippen LogP contribution is -2.32. The normalized spacial score (nSPS) is 16.5. The average molecular weight is 325 g/mol. The summed E-state index contributed by atoms with van der Waals surface area (Å²) in [6.45, 7) is 3.01. The summed E-state index contributed by atoms with van der Waals surface area (Å²) < 4.78 is 18.7. The lowest BCUT2D eigenvalue weighted by molar-refractivity contribution is 0.203. The highest BCUT2D eigenvalue weighted by molar-refractivity contribution is 5.65. The summed E-state index contributed by atoms with van der Waals surface area (Å²) in [5.74, 6) is 0.223. The van der Waals surface area contributed by atoms with Crippen molar-refractivity contribution in [1.29, 1.82) is 0 Å². The van der Waals surface area contributed by atoms with Crippen LogP contribution in [0.25, 0.3) is 11.1 Å². The standard InChI is InChI=1S/C19H20FN3O/c20-17-3-1-2-16(10-17)18-11-21-22-19(18)15-4-7-23(8-5-15)12-14-6-9-24-13-14/h1-3,6,9-11,13,15H,4-5,7-8,12H2,(H,21,22). The van der Waals surface area contributed by atoms with E-state index < -0.39 is 0 Å². The number of nitrogens with zero attached hydrogens (tertiary/aromatic N) is 2. The number of piperidine rings is 1. The van der Waals surface area contributed by atoms with Gasteiger partial charge >= 0.3 is 0 Å². The number of nitrogens with one attached hydrogen (secondary N) is 1. The molecule has 0 aliphatic carbocycles. The van der Waals surface area contributed by atoms with Gasteiger partial charge < -0.3 is 4.42 Å². The summed E-state index contributed by atoms with van der Waals surface area (Å²) in [6.07, 6.45) is 7.48. The first kappa shape index (κ1) is 15.1. The fraction of sp³-hybridized carbons (Fsp3) is 0.316. The summed E-state index contributed by atoms with van der Waals surface area (Å²) >= 11 is 0. The minimum absolute atomic E-state index is 0.213. The van der Waals surface area contributed by atoms with Crippen LogP contribution in [0.4, 0.5) is 4.39 Å². The Balaban J connectivity index is 1.46. The second-order valence-electron chi connectivity index (χ2n) is 6.39. The molecule has 0 atom stereocenters. The van der Waals surface area contributed by atoms with Crippen molar-refractivity contribution in [3.8, 4) is 11.1 Å². The molecule has 1 fully saturated rings. The number of aromatic amines is 1. The molecule has 0 saturated carbocycles. The minimum atomic E-state index is -0.213. The third kappa shape index (κ3) is 3.12. The summed E-state index contributed by atoms with van der Waals surface area (Å²) in [4.78, 5) is 2.44. The molecule has 3 heterocycles. The van der Waals surface area contributed by atoms with Crippen molar-refractivity contribution in [1.82, 2.24) is 15.1 Å². The first-order chi connectivity index (χ1) is 11.8. The fourth-order valence-corrected chi connectivity index (χ4v) is 3.51. The van der Waals surface area contributed by atoms with E-state index in [2.05, 4.69) is 15.1 Å². The zero-order valence-electron chi connectivity index (χ0n) is 13.4. The van der Waals surface area contributed by atoms with Gasteiger partial charge in [-0.2, -0.15) is 5.10 Å². The molecule has 0 amide bonds. The van der Waals surface area contributed by atoms with E-state index in [1.54, 1.807) is 18.4 Å². The molecule has 0 unspecified atom stereocenters. The number of furan rings is 1. The molecular weight excluding hydrogens is 305 g/mol. The van der Waals surface area contributed by atoms with Gasteiger partial charge in [0.15, 0.2) is 0 Å². The second-order valence-corrected chi connectivity index (χ2v) is 6.39. The van der Waals surface area contributed by atoms with Gasteiger partial charge in [-0.1, -0.05) is 12.1 Å². The zero-order chi connectivity index (χ0) is 16.4. The van der Waals surface area contributed by atoms with Crippen molar-refractivity contribution in [3.05, 3.63) is 66.1 Å². The minimum Gasteiger partial charge on any atom is -0.472 e. The van der Waals surface area contributed by atoms with Crippen molar-refractivity contribution in [3.63, 3.8) is 0 Å². The van der Waals surface area contributed by atoms with E-state index in [-0.39, 0.29) is 5.82 Å². The fourth-order valence-electron chi connectivity index (χ4n) is 3.51. The predicted octanol–water partition coefficient (Wildman–Crippen LogP) is 4.19. The maximum atomic E-state index is 13.5. The highest BCUT2D eigenvalue weighted by Gasteiger charge is 2.24. The van der Waals surface area contributed by atoms with Gasteiger partial charge in [0.2, 0.25) is 0 Å². The van der Waals surface area contributed by atoms with Crippen molar-refractivity contribution in [2.24, 2.45) is 0 Å². The van der Waals surface area contributed by atoms with E-state index in [9.17, 15) is 4.39 Å². The number of hydrogen-bond acceptors (Lipinski definition) is 3. The van der Waals surface area contributed by atoms with E-state index in [1.165, 1.54) is 11.6 Å². The number of aromatic nitrogens is 2. The van der Waals surface area contributed by atoms with Crippen LogP contribution in [0.3, 0.4) is 0 Å². The third-order valence-corrected chi connectivity index (χ3v) is 4.79. The highest BCUT2D eigenvalue weighted by atomic mass is 19.1. The Hall–Kier alpha value is -2.40. The molecule has 24 heavy (non-hydrogen) atoms. The van der Waals surface area contributed by atoms with E-state index in [0.29, 0.717) is 5.92 Å². The molecule has 4 rings (SSSR count). The molecule has 1 aromatic carbocycles. The molecule has 5 heteroatoms. The van der Waals surface area contributed by atoms with E-state index >= 15 is 0 Å². The van der Waals surface area contributed by atoms with Crippen LogP contribution in [0.5, 0.6) is 0 Å². The maximum Gasteiger partial charge on any atom is 0.123 e. The Labute approximate surface area is 140 Å². The molecule has 4 nitrogen and oxygen atoms in total. The monoisotopic (exact) mass is 325 g/mol. The topological polar surface area (TPSA) is 45.1 Å². The van der Waals surface area contributed by atoms with Gasteiger partial charge in [-0.25, -0.2) is 4.39 Å². The van der Waals surface area contributed by atoms with Gasteiger partial charge in [-0.05, 0) is 49.7 Å². The Morgan fingerprint density at radius 2 is 2.12 bits per heavy atom. The molecule has 2 aromatic heterocycles.